The van der Waals surface area contributed by atoms with E-state index in [2.05, 4.69) is 72.6 Å². The molecule has 0 aliphatic carbocycles. The molecule has 0 spiro atoms. The lowest BCUT2D eigenvalue weighted by molar-refractivity contribution is 0.431. The highest BCUT2D eigenvalue weighted by molar-refractivity contribution is 14.0. The highest BCUT2D eigenvalue weighted by atomic mass is 127. The third kappa shape index (κ3) is 9.10. The molecule has 3 N–H and O–H groups in total. The summed E-state index contributed by atoms with van der Waals surface area (Å²) in [6, 6.07) is 4.72. The van der Waals surface area contributed by atoms with E-state index in [9.17, 15) is 0 Å². The quantitative estimate of drug-likeness (QED) is 0.249. The van der Waals surface area contributed by atoms with Gasteiger partial charge in [0.2, 0.25) is 0 Å². The molecule has 1 aromatic rings. The number of piperidine rings is 1. The number of halogens is 1. The van der Waals surface area contributed by atoms with Crippen molar-refractivity contribution in [2.24, 2.45) is 4.99 Å². The third-order valence-corrected chi connectivity index (χ3v) is 4.44. The fourth-order valence-electron chi connectivity index (χ4n) is 3.01. The van der Waals surface area contributed by atoms with Crippen LogP contribution in [0.5, 0.6) is 0 Å². The van der Waals surface area contributed by atoms with Crippen molar-refractivity contribution in [2.75, 3.05) is 37.6 Å². The van der Waals surface area contributed by atoms with E-state index < -0.39 is 0 Å². The van der Waals surface area contributed by atoms with E-state index in [0.717, 1.165) is 57.3 Å². The molecule has 0 amide bonds. The molecule has 27 heavy (non-hydrogen) atoms. The normalized spacial score (nSPS) is 16.0. The second-order valence-electron chi connectivity index (χ2n) is 8.04. The molecule has 1 fully saturated rings. The van der Waals surface area contributed by atoms with Gasteiger partial charge in [0, 0.05) is 44.0 Å². The van der Waals surface area contributed by atoms with Gasteiger partial charge < -0.3 is 20.9 Å². The van der Waals surface area contributed by atoms with Gasteiger partial charge in [0.15, 0.2) is 5.96 Å². The lowest BCUT2D eigenvalue weighted by Gasteiger charge is -2.33. The lowest BCUT2D eigenvalue weighted by Crippen LogP contribution is -2.49. The van der Waals surface area contributed by atoms with Gasteiger partial charge in [-0.25, -0.2) is 4.98 Å². The predicted octanol–water partition coefficient (Wildman–Crippen LogP) is 2.92. The summed E-state index contributed by atoms with van der Waals surface area (Å²) in [6.07, 6.45) is 4.14. The molecule has 1 aliphatic heterocycles. The number of nitrogens with one attached hydrogen (secondary N) is 3. The van der Waals surface area contributed by atoms with E-state index in [-0.39, 0.29) is 29.5 Å². The monoisotopic (exact) mass is 488 g/mol. The number of pyridine rings is 1. The van der Waals surface area contributed by atoms with Crippen molar-refractivity contribution < 1.29 is 0 Å². The van der Waals surface area contributed by atoms with Gasteiger partial charge in [0.05, 0.1) is 6.54 Å². The van der Waals surface area contributed by atoms with E-state index in [4.69, 9.17) is 4.99 Å². The van der Waals surface area contributed by atoms with E-state index >= 15 is 0 Å². The highest BCUT2D eigenvalue weighted by Gasteiger charge is 2.20. The molecule has 0 bridgehead atoms. The number of aromatic nitrogens is 1. The first-order chi connectivity index (χ1) is 12.4. The smallest absolute Gasteiger partial charge is 0.191 e. The summed E-state index contributed by atoms with van der Waals surface area (Å²) in [5, 5.41) is 10.4. The molecule has 0 radical (unpaired) electrons. The molecular weight excluding hydrogens is 451 g/mol. The van der Waals surface area contributed by atoms with Gasteiger partial charge >= 0.3 is 0 Å². The molecule has 2 rings (SSSR count). The van der Waals surface area contributed by atoms with Gasteiger partial charge in [-0.1, -0.05) is 6.07 Å². The number of aryl methyl sites for hydroxylation is 1. The van der Waals surface area contributed by atoms with Crippen LogP contribution in [-0.4, -0.2) is 55.2 Å². The van der Waals surface area contributed by atoms with Crippen molar-refractivity contribution in [3.05, 3.63) is 23.9 Å². The molecule has 1 aromatic heterocycles. The summed E-state index contributed by atoms with van der Waals surface area (Å²) < 4.78 is 0. The summed E-state index contributed by atoms with van der Waals surface area (Å²) in [7, 11) is 0. The molecule has 6 nitrogen and oxygen atoms in total. The summed E-state index contributed by atoms with van der Waals surface area (Å²) in [6.45, 7) is 15.3. The molecular formula is C20H37IN6. The van der Waals surface area contributed by atoms with Crippen molar-refractivity contribution in [1.29, 1.82) is 0 Å². The molecule has 7 heteroatoms. The maximum Gasteiger partial charge on any atom is 0.191 e. The molecule has 0 unspecified atom stereocenters. The van der Waals surface area contributed by atoms with Gasteiger partial charge in [-0.2, -0.15) is 0 Å². The Kier molecular flexibility index (Phi) is 10.4. The number of anilines is 1. The minimum Gasteiger partial charge on any atom is -0.357 e. The first-order valence-corrected chi connectivity index (χ1v) is 9.85. The van der Waals surface area contributed by atoms with Crippen LogP contribution in [0.2, 0.25) is 0 Å². The Hall–Kier alpha value is -1.09. The predicted molar refractivity (Wildman–Crippen MR) is 126 cm³/mol. The molecule has 154 valence electrons. The number of hydrogen-bond donors (Lipinski definition) is 3. The molecule has 1 aliphatic rings. The maximum absolute atomic E-state index is 4.70. The van der Waals surface area contributed by atoms with Crippen LogP contribution in [0.25, 0.3) is 0 Å². The van der Waals surface area contributed by atoms with Gasteiger partial charge in [-0.15, -0.1) is 24.0 Å². The first-order valence-electron chi connectivity index (χ1n) is 9.85. The van der Waals surface area contributed by atoms with Gasteiger partial charge in [-0.05, 0) is 59.1 Å². The zero-order chi connectivity index (χ0) is 19.0. The van der Waals surface area contributed by atoms with Crippen LogP contribution in [0.1, 0.15) is 46.1 Å². The van der Waals surface area contributed by atoms with Gasteiger partial charge in [0.1, 0.15) is 5.82 Å². The maximum atomic E-state index is 4.70. The second kappa shape index (κ2) is 11.7. The van der Waals surface area contributed by atoms with E-state index in [1.807, 2.05) is 6.20 Å². The minimum atomic E-state index is 0. The van der Waals surface area contributed by atoms with Crippen molar-refractivity contribution in [3.8, 4) is 0 Å². The fraction of sp³-hybridized carbons (Fsp3) is 0.700. The SMILES string of the molecule is CCNC(=NCCNC(C)(C)C)NC1CCN(c2ccc(C)cn2)CC1.I. The Morgan fingerprint density at radius 1 is 1.26 bits per heavy atom. The fourth-order valence-corrected chi connectivity index (χ4v) is 3.01. The number of guanidine groups is 1. The van der Waals surface area contributed by atoms with Gasteiger partial charge in [-0.3, -0.25) is 4.99 Å². The van der Waals surface area contributed by atoms with Crippen molar-refractivity contribution in [3.63, 3.8) is 0 Å². The number of rotatable bonds is 6. The topological polar surface area (TPSA) is 64.6 Å². The zero-order valence-corrected chi connectivity index (χ0v) is 19.8. The van der Waals surface area contributed by atoms with Crippen LogP contribution in [0.15, 0.2) is 23.3 Å². The van der Waals surface area contributed by atoms with Crippen LogP contribution in [0, 0.1) is 6.92 Å². The summed E-state index contributed by atoms with van der Waals surface area (Å²) >= 11 is 0. The zero-order valence-electron chi connectivity index (χ0n) is 17.5. The number of nitrogens with zero attached hydrogens (tertiary/aromatic N) is 3. The van der Waals surface area contributed by atoms with Crippen molar-refractivity contribution >= 4 is 35.8 Å². The first kappa shape index (κ1) is 23.9. The average Bonchev–Trinajstić information content (AvgIpc) is 2.59. The largest absolute Gasteiger partial charge is 0.357 e. The van der Waals surface area contributed by atoms with E-state index in [1.54, 1.807) is 0 Å². The van der Waals surface area contributed by atoms with Gasteiger partial charge in [0.25, 0.3) is 0 Å². The Labute approximate surface area is 182 Å². The number of hydrogen-bond acceptors (Lipinski definition) is 4. The Morgan fingerprint density at radius 3 is 2.52 bits per heavy atom. The van der Waals surface area contributed by atoms with Crippen LogP contribution < -0.4 is 20.9 Å². The second-order valence-corrected chi connectivity index (χ2v) is 8.04. The van der Waals surface area contributed by atoms with Crippen LogP contribution >= 0.6 is 24.0 Å². The molecule has 0 atom stereocenters. The minimum absolute atomic E-state index is 0. The van der Waals surface area contributed by atoms with E-state index in [0.29, 0.717) is 6.04 Å². The Morgan fingerprint density at radius 2 is 1.96 bits per heavy atom. The van der Waals surface area contributed by atoms with Crippen LogP contribution in [-0.2, 0) is 0 Å². The third-order valence-electron chi connectivity index (χ3n) is 4.44. The molecule has 2 heterocycles. The summed E-state index contributed by atoms with van der Waals surface area (Å²) in [5.74, 6) is 2.01. The Bertz CT molecular complexity index is 559. The Balaban J connectivity index is 0.00000364. The average molecular weight is 488 g/mol. The molecule has 0 saturated carbocycles. The lowest BCUT2D eigenvalue weighted by atomic mass is 10.1. The molecule has 1 saturated heterocycles. The van der Waals surface area contributed by atoms with Crippen LogP contribution in [0.4, 0.5) is 5.82 Å². The summed E-state index contributed by atoms with van der Waals surface area (Å²) in [4.78, 5) is 11.6. The van der Waals surface area contributed by atoms with Crippen molar-refractivity contribution in [1.82, 2.24) is 20.9 Å². The van der Waals surface area contributed by atoms with Crippen LogP contribution in [0.3, 0.4) is 0 Å². The van der Waals surface area contributed by atoms with Crippen molar-refractivity contribution in [2.45, 2.75) is 59.0 Å². The van der Waals surface area contributed by atoms with E-state index in [1.165, 1.54) is 5.56 Å². The number of aliphatic imine (C=N–C) groups is 1. The summed E-state index contributed by atoms with van der Waals surface area (Å²) in [5.41, 5.74) is 1.34. The molecule has 0 aromatic carbocycles. The standard InChI is InChI=1S/C20H36N6.HI/c1-6-21-19(22-11-12-24-20(3,4)5)25-17-9-13-26(14-10-17)18-8-7-16(2)15-23-18;/h7-8,15,17,24H,6,9-14H2,1-5H3,(H2,21,22,25);1H. The highest BCUT2D eigenvalue weighted by Crippen LogP contribution is 2.17.